The van der Waals surface area contributed by atoms with Crippen LogP contribution in [0.4, 0.5) is 5.69 Å². The number of Topliss-reactive ketones (excluding diaryl/α,β-unsaturated/α-hetero) is 1. The number of hydrogen-bond donors (Lipinski definition) is 0. The van der Waals surface area contributed by atoms with E-state index < -0.39 is 11.7 Å². The Hall–Kier alpha value is -1.88. The highest BCUT2D eigenvalue weighted by molar-refractivity contribution is 6.52. The molecular formula is C13H15NO4. The Kier molecular flexibility index (Phi) is 3.62. The van der Waals surface area contributed by atoms with Crippen molar-refractivity contribution in [2.24, 2.45) is 0 Å². The van der Waals surface area contributed by atoms with Crippen molar-refractivity contribution in [3.63, 3.8) is 0 Å². The highest BCUT2D eigenvalue weighted by atomic mass is 16.5. The van der Waals surface area contributed by atoms with Crippen LogP contribution in [0.3, 0.4) is 0 Å². The zero-order chi connectivity index (χ0) is 13.1. The van der Waals surface area contributed by atoms with E-state index in [4.69, 9.17) is 9.47 Å². The Balaban J connectivity index is 2.27. The number of benzene rings is 1. The lowest BCUT2D eigenvalue weighted by Crippen LogP contribution is -2.31. The smallest absolute Gasteiger partial charge is 0.299 e. The molecule has 1 aromatic rings. The van der Waals surface area contributed by atoms with Crippen molar-refractivity contribution in [3.8, 4) is 5.75 Å². The van der Waals surface area contributed by atoms with E-state index >= 15 is 0 Å². The van der Waals surface area contributed by atoms with E-state index in [1.165, 1.54) is 4.90 Å². The van der Waals surface area contributed by atoms with Gasteiger partial charge in [0.1, 0.15) is 5.75 Å². The molecule has 0 fully saturated rings. The fourth-order valence-electron chi connectivity index (χ4n) is 1.99. The van der Waals surface area contributed by atoms with Gasteiger partial charge in [-0.05, 0) is 18.6 Å². The molecule has 0 unspecified atom stereocenters. The Morgan fingerprint density at radius 2 is 2.00 bits per heavy atom. The molecule has 5 heteroatoms. The summed E-state index contributed by atoms with van der Waals surface area (Å²) >= 11 is 0. The molecule has 0 radical (unpaired) electrons. The molecule has 1 aromatic carbocycles. The van der Waals surface area contributed by atoms with Crippen molar-refractivity contribution in [2.75, 3.05) is 32.3 Å². The molecule has 0 aromatic heterocycles. The first-order valence-electron chi connectivity index (χ1n) is 5.72. The van der Waals surface area contributed by atoms with Gasteiger partial charge in [-0.2, -0.15) is 0 Å². The van der Waals surface area contributed by atoms with Gasteiger partial charge in [-0.15, -0.1) is 0 Å². The van der Waals surface area contributed by atoms with Crippen molar-refractivity contribution >= 4 is 17.4 Å². The molecule has 1 heterocycles. The summed E-state index contributed by atoms with van der Waals surface area (Å²) in [4.78, 5) is 25.1. The number of anilines is 1. The molecule has 1 aliphatic heterocycles. The molecule has 0 bridgehead atoms. The highest BCUT2D eigenvalue weighted by Crippen LogP contribution is 2.32. The molecule has 0 aliphatic carbocycles. The van der Waals surface area contributed by atoms with E-state index in [1.807, 2.05) is 0 Å². The summed E-state index contributed by atoms with van der Waals surface area (Å²) in [5.41, 5.74) is 1.07. The monoisotopic (exact) mass is 249 g/mol. The first-order chi connectivity index (χ1) is 8.69. The first-order valence-corrected chi connectivity index (χ1v) is 5.72. The molecular weight excluding hydrogens is 234 g/mol. The fraction of sp³-hybridized carbons (Fsp3) is 0.385. The molecule has 0 saturated heterocycles. The molecule has 1 amide bonds. The largest absolute Gasteiger partial charge is 0.497 e. The average Bonchev–Trinajstić information content (AvgIpc) is 2.63. The van der Waals surface area contributed by atoms with E-state index in [1.54, 1.807) is 32.4 Å². The number of ketones is 1. The molecule has 2 rings (SSSR count). The molecule has 0 N–H and O–H groups in total. The number of ether oxygens (including phenoxy) is 2. The maximum atomic E-state index is 11.9. The third-order valence-corrected chi connectivity index (χ3v) is 2.91. The zero-order valence-corrected chi connectivity index (χ0v) is 10.4. The van der Waals surface area contributed by atoms with Crippen LogP contribution < -0.4 is 9.64 Å². The Morgan fingerprint density at radius 3 is 2.67 bits per heavy atom. The summed E-state index contributed by atoms with van der Waals surface area (Å²) in [6.07, 6.45) is 0.687. The van der Waals surface area contributed by atoms with Crippen LogP contribution in [-0.4, -0.2) is 39.1 Å². The van der Waals surface area contributed by atoms with E-state index in [9.17, 15) is 9.59 Å². The van der Waals surface area contributed by atoms with Crippen molar-refractivity contribution < 1.29 is 19.1 Å². The van der Waals surface area contributed by atoms with Crippen LogP contribution in [0.25, 0.3) is 0 Å². The lowest BCUT2D eigenvalue weighted by molar-refractivity contribution is -0.114. The fourth-order valence-corrected chi connectivity index (χ4v) is 1.99. The third-order valence-electron chi connectivity index (χ3n) is 2.91. The van der Waals surface area contributed by atoms with Gasteiger partial charge >= 0.3 is 0 Å². The van der Waals surface area contributed by atoms with Gasteiger partial charge in [-0.1, -0.05) is 0 Å². The Bertz CT molecular complexity index is 484. The molecule has 18 heavy (non-hydrogen) atoms. The number of nitrogens with zero attached hydrogens (tertiary/aromatic N) is 1. The van der Waals surface area contributed by atoms with Gasteiger partial charge in [0, 0.05) is 26.3 Å². The zero-order valence-electron chi connectivity index (χ0n) is 10.4. The summed E-state index contributed by atoms with van der Waals surface area (Å²) in [6.45, 7) is 1.02. The van der Waals surface area contributed by atoms with Gasteiger partial charge in [0.2, 0.25) is 0 Å². The van der Waals surface area contributed by atoms with Gasteiger partial charge in [0.05, 0.1) is 18.4 Å². The van der Waals surface area contributed by atoms with Crippen LogP contribution in [0.15, 0.2) is 18.2 Å². The quantitative estimate of drug-likeness (QED) is 0.582. The summed E-state index contributed by atoms with van der Waals surface area (Å²) in [5, 5.41) is 0. The number of hydrogen-bond acceptors (Lipinski definition) is 4. The van der Waals surface area contributed by atoms with E-state index in [2.05, 4.69) is 0 Å². The summed E-state index contributed by atoms with van der Waals surface area (Å²) in [7, 11) is 3.16. The SMILES string of the molecule is COCCCN1C(=O)C(=O)c2ccc(OC)cc21. The maximum Gasteiger partial charge on any atom is 0.299 e. The predicted molar refractivity (Wildman–Crippen MR) is 66.2 cm³/mol. The van der Waals surface area contributed by atoms with Gasteiger partial charge in [-0.3, -0.25) is 9.59 Å². The minimum Gasteiger partial charge on any atom is -0.497 e. The van der Waals surface area contributed by atoms with Crippen molar-refractivity contribution in [1.29, 1.82) is 0 Å². The average molecular weight is 249 g/mol. The Morgan fingerprint density at radius 1 is 1.22 bits per heavy atom. The highest BCUT2D eigenvalue weighted by Gasteiger charge is 2.35. The molecule has 0 spiro atoms. The van der Waals surface area contributed by atoms with Crippen LogP contribution in [-0.2, 0) is 9.53 Å². The molecule has 5 nitrogen and oxygen atoms in total. The lowest BCUT2D eigenvalue weighted by Gasteiger charge is -2.16. The molecule has 0 atom stereocenters. The topological polar surface area (TPSA) is 55.8 Å². The number of amides is 1. The maximum absolute atomic E-state index is 11.9. The van der Waals surface area contributed by atoms with Crippen LogP contribution in [0.5, 0.6) is 5.75 Å². The van der Waals surface area contributed by atoms with E-state index in [0.717, 1.165) is 0 Å². The molecule has 1 aliphatic rings. The van der Waals surface area contributed by atoms with Crippen LogP contribution in [0.1, 0.15) is 16.8 Å². The van der Waals surface area contributed by atoms with Gasteiger partial charge in [-0.25, -0.2) is 0 Å². The number of carbonyl (C=O) groups excluding carboxylic acids is 2. The van der Waals surface area contributed by atoms with Crippen molar-refractivity contribution in [1.82, 2.24) is 0 Å². The van der Waals surface area contributed by atoms with Crippen LogP contribution in [0.2, 0.25) is 0 Å². The van der Waals surface area contributed by atoms with Gasteiger partial charge in [0.15, 0.2) is 0 Å². The first kappa shape index (κ1) is 12.6. The third kappa shape index (κ3) is 2.09. The molecule has 96 valence electrons. The minimum atomic E-state index is -0.477. The predicted octanol–water partition coefficient (Wildman–Crippen LogP) is 1.26. The number of rotatable bonds is 5. The lowest BCUT2D eigenvalue weighted by atomic mass is 10.1. The Labute approximate surface area is 105 Å². The second-order valence-electron chi connectivity index (χ2n) is 4.02. The normalized spacial score (nSPS) is 14.0. The second kappa shape index (κ2) is 5.18. The summed E-state index contributed by atoms with van der Waals surface area (Å²) in [6, 6.07) is 5.03. The standard InChI is InChI=1S/C13H15NO4/c1-17-7-3-6-14-11-8-9(18-2)4-5-10(11)12(15)13(14)16/h4-5,8H,3,6-7H2,1-2H3. The van der Waals surface area contributed by atoms with Gasteiger partial charge < -0.3 is 14.4 Å². The van der Waals surface area contributed by atoms with Crippen LogP contribution in [0, 0.1) is 0 Å². The van der Waals surface area contributed by atoms with Gasteiger partial charge in [0.25, 0.3) is 11.7 Å². The summed E-state index contributed by atoms with van der Waals surface area (Å²) < 4.78 is 10.1. The van der Waals surface area contributed by atoms with Crippen LogP contribution >= 0.6 is 0 Å². The van der Waals surface area contributed by atoms with Crippen molar-refractivity contribution in [2.45, 2.75) is 6.42 Å². The number of fused-ring (bicyclic) bond motifs is 1. The van der Waals surface area contributed by atoms with E-state index in [0.29, 0.717) is 36.6 Å². The summed E-state index contributed by atoms with van der Waals surface area (Å²) in [5.74, 6) is -0.299. The van der Waals surface area contributed by atoms with E-state index in [-0.39, 0.29) is 0 Å². The number of carbonyl (C=O) groups is 2. The minimum absolute atomic E-state index is 0.443. The number of methoxy groups -OCH3 is 2. The molecule has 0 saturated carbocycles. The van der Waals surface area contributed by atoms with Crippen molar-refractivity contribution in [3.05, 3.63) is 23.8 Å². The second-order valence-corrected chi connectivity index (χ2v) is 4.02.